The average molecular weight is 408 g/mol. The molecule has 1 aliphatic heterocycles. The molecule has 13 heavy (non-hydrogen) atoms. The number of carbonyl (C=O) groups is 1. The predicted octanol–water partition coefficient (Wildman–Crippen LogP) is 2.33. The largest absolute Gasteiger partial charge is 0.334 e. The fourth-order valence-electron chi connectivity index (χ4n) is 1.57. The van der Waals surface area contributed by atoms with E-state index < -0.39 is 0 Å². The van der Waals surface area contributed by atoms with E-state index in [1.165, 1.54) is 0 Å². The lowest BCUT2D eigenvalue weighted by Gasteiger charge is -2.35. The van der Waals surface area contributed by atoms with Crippen molar-refractivity contribution in [2.45, 2.75) is 18.9 Å². The van der Waals surface area contributed by atoms with Crippen LogP contribution >= 0.6 is 45.2 Å². The first-order valence-corrected chi connectivity index (χ1v) is 6.96. The molecule has 0 aromatic carbocycles. The van der Waals surface area contributed by atoms with Crippen LogP contribution in [0.25, 0.3) is 0 Å². The summed E-state index contributed by atoms with van der Waals surface area (Å²) in [6.45, 7) is 2.25. The van der Waals surface area contributed by atoms with E-state index in [0.29, 0.717) is 6.04 Å². The van der Waals surface area contributed by atoms with Crippen LogP contribution in [0.5, 0.6) is 0 Å². The molecule has 1 fully saturated rings. The van der Waals surface area contributed by atoms with Crippen molar-refractivity contribution in [1.29, 1.82) is 0 Å². The van der Waals surface area contributed by atoms with Gasteiger partial charge in [0.25, 0.3) is 3.91 Å². The fraction of sp³-hybridized carbons (Fsp3) is 0.875. The van der Waals surface area contributed by atoms with Gasteiger partial charge in [-0.2, -0.15) is 0 Å². The second kappa shape index (κ2) is 5.69. The van der Waals surface area contributed by atoms with Gasteiger partial charge in [0, 0.05) is 48.8 Å². The van der Waals surface area contributed by atoms with Gasteiger partial charge in [-0.3, -0.25) is 9.69 Å². The molecule has 1 heterocycles. The molecule has 0 atom stereocenters. The fourth-order valence-corrected chi connectivity index (χ4v) is 2.65. The number of nitrogens with zero attached hydrogens (tertiary/aromatic N) is 2. The Morgan fingerprint density at radius 1 is 1.54 bits per heavy atom. The summed E-state index contributed by atoms with van der Waals surface area (Å²) in [5, 5.41) is 0. The Hall–Kier alpha value is 0.890. The van der Waals surface area contributed by atoms with Gasteiger partial charge in [-0.05, 0) is 12.8 Å². The summed E-state index contributed by atoms with van der Waals surface area (Å²) in [5.41, 5.74) is 0. The van der Waals surface area contributed by atoms with Crippen LogP contribution in [0.3, 0.4) is 0 Å². The SMILES string of the molecule is CN(C(=O)I)C1CCN(CI)CC1. The highest BCUT2D eigenvalue weighted by Crippen LogP contribution is 2.17. The summed E-state index contributed by atoms with van der Waals surface area (Å²) in [6, 6.07) is 0.462. The molecule has 5 heteroatoms. The molecule has 1 rings (SSSR count). The maximum atomic E-state index is 11.1. The van der Waals surface area contributed by atoms with Crippen LogP contribution in [0.15, 0.2) is 0 Å². The molecule has 0 aromatic heterocycles. The summed E-state index contributed by atoms with van der Waals surface area (Å²) in [4.78, 5) is 15.4. The second-order valence-electron chi connectivity index (χ2n) is 3.33. The lowest BCUT2D eigenvalue weighted by atomic mass is 10.1. The number of amides is 1. The summed E-state index contributed by atoms with van der Waals surface area (Å²) < 4.78 is 1.26. The molecule has 1 aliphatic rings. The number of carbonyl (C=O) groups excluding carboxylic acids is 1. The molecule has 0 saturated carbocycles. The summed E-state index contributed by atoms with van der Waals surface area (Å²) in [5.74, 6) is 0. The van der Waals surface area contributed by atoms with Crippen LogP contribution in [-0.4, -0.2) is 44.4 Å². The number of piperidine rings is 1. The van der Waals surface area contributed by atoms with E-state index >= 15 is 0 Å². The third-order valence-corrected chi connectivity index (χ3v) is 4.28. The monoisotopic (exact) mass is 408 g/mol. The average Bonchev–Trinajstić information content (AvgIpc) is 2.17. The maximum absolute atomic E-state index is 11.1. The molecule has 76 valence electrons. The standard InChI is InChI=1S/C8H14I2N2O/c1-11(8(10)13)7-2-4-12(6-9)5-3-7/h7H,2-6H2,1H3. The first-order valence-electron chi connectivity index (χ1n) is 4.35. The predicted molar refractivity (Wildman–Crippen MR) is 70.7 cm³/mol. The van der Waals surface area contributed by atoms with E-state index in [1.54, 1.807) is 0 Å². The highest BCUT2D eigenvalue weighted by molar-refractivity contribution is 14.1. The molecule has 3 nitrogen and oxygen atoms in total. The third kappa shape index (κ3) is 3.50. The Bertz CT molecular complexity index is 181. The molecule has 0 aliphatic carbocycles. The van der Waals surface area contributed by atoms with E-state index in [1.807, 2.05) is 34.5 Å². The third-order valence-electron chi connectivity index (χ3n) is 2.55. The molecule has 0 spiro atoms. The van der Waals surface area contributed by atoms with Crippen molar-refractivity contribution >= 4 is 49.1 Å². The van der Waals surface area contributed by atoms with Gasteiger partial charge in [-0.1, -0.05) is 22.6 Å². The molecule has 0 unspecified atom stereocenters. The van der Waals surface area contributed by atoms with Crippen LogP contribution in [0.4, 0.5) is 4.79 Å². The molecule has 1 saturated heterocycles. The zero-order valence-corrected chi connectivity index (χ0v) is 12.0. The van der Waals surface area contributed by atoms with E-state index in [0.717, 1.165) is 30.5 Å². The van der Waals surface area contributed by atoms with Crippen molar-refractivity contribution in [2.75, 3.05) is 24.7 Å². The van der Waals surface area contributed by atoms with Gasteiger partial charge in [-0.15, -0.1) is 0 Å². The number of likely N-dealkylation sites (tertiary alicyclic amines) is 1. The Balaban J connectivity index is 2.36. The van der Waals surface area contributed by atoms with Crippen molar-refractivity contribution in [3.05, 3.63) is 0 Å². The normalized spacial score (nSPS) is 20.2. The highest BCUT2D eigenvalue weighted by atomic mass is 127. The van der Waals surface area contributed by atoms with E-state index in [-0.39, 0.29) is 3.91 Å². The van der Waals surface area contributed by atoms with Crippen molar-refractivity contribution in [3.63, 3.8) is 0 Å². The maximum Gasteiger partial charge on any atom is 0.283 e. The van der Waals surface area contributed by atoms with Crippen molar-refractivity contribution in [1.82, 2.24) is 9.80 Å². The lowest BCUT2D eigenvalue weighted by molar-refractivity contribution is 0.163. The summed E-state index contributed by atoms with van der Waals surface area (Å²) in [6.07, 6.45) is 2.24. The van der Waals surface area contributed by atoms with Crippen molar-refractivity contribution < 1.29 is 4.79 Å². The summed E-state index contributed by atoms with van der Waals surface area (Å²) >= 11 is 4.25. The van der Waals surface area contributed by atoms with Crippen molar-refractivity contribution in [2.24, 2.45) is 0 Å². The van der Waals surface area contributed by atoms with Gasteiger partial charge in [0.2, 0.25) is 0 Å². The van der Waals surface area contributed by atoms with Gasteiger partial charge >= 0.3 is 0 Å². The van der Waals surface area contributed by atoms with Gasteiger partial charge < -0.3 is 4.90 Å². The number of rotatable bonds is 2. The van der Waals surface area contributed by atoms with Crippen LogP contribution in [0.2, 0.25) is 0 Å². The van der Waals surface area contributed by atoms with Gasteiger partial charge in [0.15, 0.2) is 0 Å². The number of alkyl halides is 1. The minimum atomic E-state index is 0.158. The summed E-state index contributed by atoms with van der Waals surface area (Å²) in [7, 11) is 1.90. The molecular weight excluding hydrogens is 394 g/mol. The van der Waals surface area contributed by atoms with Crippen molar-refractivity contribution in [3.8, 4) is 0 Å². The first kappa shape index (κ1) is 12.0. The number of hydrogen-bond donors (Lipinski definition) is 0. The molecule has 0 aromatic rings. The van der Waals surface area contributed by atoms with Crippen LogP contribution in [-0.2, 0) is 0 Å². The number of hydrogen-bond acceptors (Lipinski definition) is 2. The zero-order valence-electron chi connectivity index (χ0n) is 7.67. The quantitative estimate of drug-likeness (QED) is 0.303. The second-order valence-corrected chi connectivity index (χ2v) is 4.94. The highest BCUT2D eigenvalue weighted by Gasteiger charge is 2.23. The Kier molecular flexibility index (Phi) is 5.24. The Morgan fingerprint density at radius 2 is 2.08 bits per heavy atom. The first-order chi connectivity index (χ1) is 6.15. The van der Waals surface area contributed by atoms with E-state index in [2.05, 4.69) is 27.5 Å². The molecule has 0 radical (unpaired) electrons. The van der Waals surface area contributed by atoms with Crippen LogP contribution in [0.1, 0.15) is 12.8 Å². The molecule has 0 bridgehead atoms. The smallest absolute Gasteiger partial charge is 0.283 e. The number of halogens is 2. The topological polar surface area (TPSA) is 23.6 Å². The lowest BCUT2D eigenvalue weighted by Crippen LogP contribution is -2.43. The minimum Gasteiger partial charge on any atom is -0.334 e. The molecular formula is C8H14I2N2O. The van der Waals surface area contributed by atoms with Gasteiger partial charge in [-0.25, -0.2) is 0 Å². The zero-order chi connectivity index (χ0) is 9.84. The van der Waals surface area contributed by atoms with Gasteiger partial charge in [0.1, 0.15) is 0 Å². The molecule has 1 amide bonds. The van der Waals surface area contributed by atoms with Gasteiger partial charge in [0.05, 0.1) is 4.55 Å². The van der Waals surface area contributed by atoms with Crippen LogP contribution < -0.4 is 0 Å². The molecule has 0 N–H and O–H groups in total. The Labute approximate surface area is 106 Å². The Morgan fingerprint density at radius 3 is 2.46 bits per heavy atom. The van der Waals surface area contributed by atoms with E-state index in [4.69, 9.17) is 0 Å². The van der Waals surface area contributed by atoms with E-state index in [9.17, 15) is 4.79 Å². The minimum absolute atomic E-state index is 0.158. The van der Waals surface area contributed by atoms with Crippen LogP contribution in [0, 0.1) is 0 Å².